The van der Waals surface area contributed by atoms with E-state index in [0.29, 0.717) is 5.88 Å². The number of hydrogen-bond acceptors (Lipinski definition) is 2. The normalized spacial score (nSPS) is 21.0. The molecule has 0 spiro atoms. The SMILES string of the molecule is ClCc1ccccc1C1=C(C2=CCCCCCCCCC2)CCCCCCCNN1. The third-order valence-corrected chi connectivity index (χ3v) is 6.89. The standard InChI is InChI=1S/C27H41ClN2/c28-22-24-18-13-14-20-26(24)27-25(19-12-8-5-9-15-21-29-30-27)23-16-10-6-3-1-2-4-7-11-17-23/h13-14,16,18,20,29-30H,1-12,15,17,19,21-22H2. The molecule has 166 valence electrons. The van der Waals surface area contributed by atoms with Gasteiger partial charge in [0.2, 0.25) is 0 Å². The van der Waals surface area contributed by atoms with Gasteiger partial charge in [0, 0.05) is 18.0 Å². The zero-order valence-electron chi connectivity index (χ0n) is 18.8. The van der Waals surface area contributed by atoms with Gasteiger partial charge in [-0.15, -0.1) is 11.6 Å². The first-order chi connectivity index (χ1) is 14.9. The van der Waals surface area contributed by atoms with Gasteiger partial charge in [-0.2, -0.15) is 0 Å². The molecular weight excluding hydrogens is 388 g/mol. The summed E-state index contributed by atoms with van der Waals surface area (Å²) in [6.07, 6.45) is 22.3. The van der Waals surface area contributed by atoms with E-state index in [2.05, 4.69) is 41.2 Å². The summed E-state index contributed by atoms with van der Waals surface area (Å²) in [4.78, 5) is 0. The van der Waals surface area contributed by atoms with Crippen LogP contribution in [-0.2, 0) is 5.88 Å². The molecule has 1 heterocycles. The molecule has 1 aromatic carbocycles. The second-order valence-electron chi connectivity index (χ2n) is 8.96. The molecule has 2 aliphatic rings. The van der Waals surface area contributed by atoms with Gasteiger partial charge in [0.05, 0.1) is 5.70 Å². The van der Waals surface area contributed by atoms with E-state index in [4.69, 9.17) is 11.6 Å². The molecule has 0 atom stereocenters. The summed E-state index contributed by atoms with van der Waals surface area (Å²) in [5.41, 5.74) is 14.1. The lowest BCUT2D eigenvalue weighted by atomic mass is 9.89. The molecule has 0 saturated heterocycles. The Balaban J connectivity index is 2.00. The van der Waals surface area contributed by atoms with Gasteiger partial charge < -0.3 is 5.43 Å². The van der Waals surface area contributed by atoms with E-state index in [-0.39, 0.29) is 0 Å². The molecule has 0 saturated carbocycles. The molecule has 0 amide bonds. The average Bonchev–Trinajstić information content (AvgIpc) is 2.88. The molecule has 0 bridgehead atoms. The van der Waals surface area contributed by atoms with E-state index < -0.39 is 0 Å². The molecule has 0 radical (unpaired) electrons. The quantitative estimate of drug-likeness (QED) is 0.476. The first-order valence-electron chi connectivity index (χ1n) is 12.5. The minimum Gasteiger partial charge on any atom is -0.321 e. The number of hydrogen-bond donors (Lipinski definition) is 2. The van der Waals surface area contributed by atoms with Crippen molar-refractivity contribution in [1.29, 1.82) is 0 Å². The summed E-state index contributed by atoms with van der Waals surface area (Å²) in [6, 6.07) is 8.67. The number of alkyl halides is 1. The van der Waals surface area contributed by atoms with Gasteiger partial charge >= 0.3 is 0 Å². The highest BCUT2D eigenvalue weighted by Gasteiger charge is 2.17. The fraction of sp³-hybridized carbons (Fsp3) is 0.630. The number of nitrogens with one attached hydrogen (secondary N) is 2. The summed E-state index contributed by atoms with van der Waals surface area (Å²) in [5, 5.41) is 0. The Morgan fingerprint density at radius 2 is 1.40 bits per heavy atom. The monoisotopic (exact) mass is 428 g/mol. The van der Waals surface area contributed by atoms with Crippen LogP contribution < -0.4 is 10.9 Å². The fourth-order valence-electron chi connectivity index (χ4n) is 4.82. The molecular formula is C27H41ClN2. The van der Waals surface area contributed by atoms with Crippen LogP contribution in [0, 0.1) is 0 Å². The predicted molar refractivity (Wildman–Crippen MR) is 131 cm³/mol. The smallest absolute Gasteiger partial charge is 0.0597 e. The Kier molecular flexibility index (Phi) is 10.9. The van der Waals surface area contributed by atoms with E-state index in [9.17, 15) is 0 Å². The van der Waals surface area contributed by atoms with E-state index in [0.717, 1.165) is 13.0 Å². The minimum absolute atomic E-state index is 0.549. The average molecular weight is 429 g/mol. The van der Waals surface area contributed by atoms with Crippen molar-refractivity contribution in [3.8, 4) is 0 Å². The first-order valence-corrected chi connectivity index (χ1v) is 13.0. The van der Waals surface area contributed by atoms with Crippen molar-refractivity contribution in [3.63, 3.8) is 0 Å². The lowest BCUT2D eigenvalue weighted by molar-refractivity contribution is 0.564. The van der Waals surface area contributed by atoms with Crippen LogP contribution >= 0.6 is 11.6 Å². The van der Waals surface area contributed by atoms with Crippen molar-refractivity contribution < 1.29 is 0 Å². The molecule has 3 heteroatoms. The van der Waals surface area contributed by atoms with E-state index in [1.54, 1.807) is 5.57 Å². The third-order valence-electron chi connectivity index (χ3n) is 6.60. The molecule has 1 aliphatic heterocycles. The van der Waals surface area contributed by atoms with Crippen molar-refractivity contribution in [2.75, 3.05) is 6.54 Å². The van der Waals surface area contributed by atoms with Crippen molar-refractivity contribution >= 4 is 17.3 Å². The summed E-state index contributed by atoms with van der Waals surface area (Å²) >= 11 is 6.36. The summed E-state index contributed by atoms with van der Waals surface area (Å²) in [5.74, 6) is 0.549. The Morgan fingerprint density at radius 1 is 0.733 bits per heavy atom. The molecule has 1 aromatic rings. The van der Waals surface area contributed by atoms with Crippen LogP contribution in [0.3, 0.4) is 0 Å². The molecule has 0 fully saturated rings. The van der Waals surface area contributed by atoms with Gasteiger partial charge in [0.15, 0.2) is 0 Å². The number of rotatable bonds is 3. The second-order valence-corrected chi connectivity index (χ2v) is 9.22. The Hall–Kier alpha value is -1.25. The van der Waals surface area contributed by atoms with Crippen molar-refractivity contribution in [2.45, 2.75) is 102 Å². The highest BCUT2D eigenvalue weighted by Crippen LogP contribution is 2.33. The maximum Gasteiger partial charge on any atom is 0.0597 e. The van der Waals surface area contributed by atoms with Gasteiger partial charge in [-0.25, -0.2) is 5.43 Å². The van der Waals surface area contributed by atoms with E-state index >= 15 is 0 Å². The van der Waals surface area contributed by atoms with Crippen LogP contribution in [0.2, 0.25) is 0 Å². The maximum absolute atomic E-state index is 6.36. The van der Waals surface area contributed by atoms with Crippen LogP contribution in [0.15, 0.2) is 41.5 Å². The Labute approximate surface area is 189 Å². The summed E-state index contributed by atoms with van der Waals surface area (Å²) in [7, 11) is 0. The van der Waals surface area contributed by atoms with Crippen LogP contribution in [0.1, 0.15) is 107 Å². The van der Waals surface area contributed by atoms with Gasteiger partial charge in [0.1, 0.15) is 0 Å². The van der Waals surface area contributed by atoms with Crippen LogP contribution in [0.5, 0.6) is 0 Å². The summed E-state index contributed by atoms with van der Waals surface area (Å²) < 4.78 is 0. The predicted octanol–water partition coefficient (Wildman–Crippen LogP) is 8.04. The Morgan fingerprint density at radius 3 is 2.20 bits per heavy atom. The molecule has 30 heavy (non-hydrogen) atoms. The maximum atomic E-state index is 6.36. The highest BCUT2D eigenvalue weighted by atomic mass is 35.5. The van der Waals surface area contributed by atoms with E-state index in [1.165, 1.54) is 112 Å². The zero-order chi connectivity index (χ0) is 20.9. The first kappa shape index (κ1) is 23.4. The lowest BCUT2D eigenvalue weighted by Crippen LogP contribution is -2.32. The van der Waals surface area contributed by atoms with Crippen molar-refractivity contribution in [1.82, 2.24) is 10.9 Å². The van der Waals surface area contributed by atoms with Gasteiger partial charge in [-0.05, 0) is 61.7 Å². The van der Waals surface area contributed by atoms with Crippen LogP contribution in [-0.4, -0.2) is 6.54 Å². The number of hydrazine groups is 1. The van der Waals surface area contributed by atoms with Crippen LogP contribution in [0.25, 0.3) is 5.70 Å². The summed E-state index contributed by atoms with van der Waals surface area (Å²) in [6.45, 7) is 1.01. The van der Waals surface area contributed by atoms with Gasteiger partial charge in [-0.1, -0.05) is 81.7 Å². The zero-order valence-corrected chi connectivity index (χ0v) is 19.5. The highest BCUT2D eigenvalue weighted by molar-refractivity contribution is 6.17. The molecule has 3 rings (SSSR count). The second kappa shape index (κ2) is 13.9. The molecule has 2 nitrogen and oxygen atoms in total. The molecule has 0 unspecified atom stereocenters. The van der Waals surface area contributed by atoms with Gasteiger partial charge in [0.25, 0.3) is 0 Å². The molecule has 1 aliphatic carbocycles. The molecule has 0 aromatic heterocycles. The van der Waals surface area contributed by atoms with Crippen LogP contribution in [0.4, 0.5) is 0 Å². The Bertz CT molecular complexity index is 692. The minimum atomic E-state index is 0.549. The van der Waals surface area contributed by atoms with Crippen molar-refractivity contribution in [3.05, 3.63) is 52.6 Å². The van der Waals surface area contributed by atoms with Gasteiger partial charge in [-0.3, -0.25) is 0 Å². The number of benzene rings is 1. The topological polar surface area (TPSA) is 24.1 Å². The fourth-order valence-corrected chi connectivity index (χ4v) is 5.06. The third kappa shape index (κ3) is 7.46. The molecule has 2 N–H and O–H groups in total. The van der Waals surface area contributed by atoms with Crippen molar-refractivity contribution in [2.24, 2.45) is 0 Å². The number of allylic oxidation sites excluding steroid dienone is 3. The van der Waals surface area contributed by atoms with E-state index in [1.807, 2.05) is 0 Å². The number of halogens is 1. The largest absolute Gasteiger partial charge is 0.321 e. The lowest BCUT2D eigenvalue weighted by Gasteiger charge is -2.22.